The molecule has 0 saturated carbocycles. The van der Waals surface area contributed by atoms with Gasteiger partial charge in [-0.2, -0.15) is 4.98 Å². The van der Waals surface area contributed by atoms with Gasteiger partial charge < -0.3 is 26.0 Å². The molecule has 0 bridgehead atoms. The van der Waals surface area contributed by atoms with E-state index in [-0.39, 0.29) is 12.6 Å². The highest BCUT2D eigenvalue weighted by Crippen LogP contribution is 2.22. The summed E-state index contributed by atoms with van der Waals surface area (Å²) in [4.78, 5) is 24.6. The Hall–Kier alpha value is -4.15. The largest absolute Gasteiger partial charge is 0.395 e. The van der Waals surface area contributed by atoms with Crippen molar-refractivity contribution in [2.75, 3.05) is 41.8 Å². The molecule has 4 heterocycles. The fraction of sp³-hybridized carbons (Fsp3) is 0.240. The number of aliphatic hydroxyl groups excluding tert-OH is 1. The summed E-state index contributed by atoms with van der Waals surface area (Å²) in [5.74, 6) is 2.24. The van der Waals surface area contributed by atoms with Crippen LogP contribution in [0.15, 0.2) is 67.0 Å². The second-order valence-corrected chi connectivity index (χ2v) is 8.27. The minimum absolute atomic E-state index is 0.101. The molecule has 178 valence electrons. The maximum atomic E-state index is 9.43. The minimum atomic E-state index is 0.101. The van der Waals surface area contributed by atoms with Crippen LogP contribution >= 0.6 is 0 Å². The van der Waals surface area contributed by atoms with Gasteiger partial charge in [-0.3, -0.25) is 0 Å². The molecule has 10 nitrogen and oxygen atoms in total. The zero-order chi connectivity index (χ0) is 24.0. The second kappa shape index (κ2) is 10.4. The third-order valence-electron chi connectivity index (χ3n) is 5.65. The van der Waals surface area contributed by atoms with Gasteiger partial charge in [-0.15, -0.1) is 0 Å². The molecule has 0 amide bonds. The molecule has 35 heavy (non-hydrogen) atoms. The van der Waals surface area contributed by atoms with E-state index in [0.717, 1.165) is 42.4 Å². The lowest BCUT2D eigenvalue weighted by Gasteiger charge is -2.34. The van der Waals surface area contributed by atoms with Gasteiger partial charge in [-0.25, -0.2) is 19.9 Å². The quantitative estimate of drug-likeness (QED) is 0.321. The van der Waals surface area contributed by atoms with E-state index < -0.39 is 0 Å². The number of aryl methyl sites for hydroxylation is 1. The molecule has 1 fully saturated rings. The number of nitrogens with zero attached hydrogens (tertiary/aromatic N) is 6. The summed E-state index contributed by atoms with van der Waals surface area (Å²) < 4.78 is 0. The fourth-order valence-corrected chi connectivity index (χ4v) is 3.91. The van der Waals surface area contributed by atoms with Gasteiger partial charge in [0.2, 0.25) is 5.95 Å². The summed E-state index contributed by atoms with van der Waals surface area (Å²) in [6.07, 6.45) is 3.38. The standard InChI is InChI=1S/C25H27N9O/c1-17-3-2-4-21(29-17)24-27-11-9-22(32-24)31-23-10-12-28-25(33-23)30-18-5-7-20(8-6-18)34-14-13-26-19(15-34)16-35/h2-12,19,26,35H,13-16H2,1H3,(H2,27,28,30,31,32,33). The average Bonchev–Trinajstić information content (AvgIpc) is 2.89. The number of benzene rings is 1. The Bertz CT molecular complexity index is 1280. The van der Waals surface area contributed by atoms with Gasteiger partial charge in [0.1, 0.15) is 17.3 Å². The lowest BCUT2D eigenvalue weighted by atomic mass is 10.2. The van der Waals surface area contributed by atoms with E-state index in [2.05, 4.69) is 57.9 Å². The van der Waals surface area contributed by atoms with Crippen molar-refractivity contribution in [2.45, 2.75) is 13.0 Å². The molecule has 10 heteroatoms. The van der Waals surface area contributed by atoms with Crippen molar-refractivity contribution >= 4 is 29.0 Å². The van der Waals surface area contributed by atoms with Crippen molar-refractivity contribution < 1.29 is 5.11 Å². The number of pyridine rings is 1. The number of rotatable bonds is 7. The summed E-state index contributed by atoms with van der Waals surface area (Å²) in [7, 11) is 0. The maximum Gasteiger partial charge on any atom is 0.229 e. The Labute approximate surface area is 203 Å². The normalized spacial score (nSPS) is 15.6. The Kier molecular flexibility index (Phi) is 6.73. The van der Waals surface area contributed by atoms with Crippen molar-refractivity contribution in [3.8, 4) is 11.5 Å². The number of hydrogen-bond acceptors (Lipinski definition) is 10. The Morgan fingerprint density at radius 1 is 0.943 bits per heavy atom. The van der Waals surface area contributed by atoms with Crippen molar-refractivity contribution in [1.29, 1.82) is 0 Å². The Morgan fingerprint density at radius 3 is 2.54 bits per heavy atom. The highest BCUT2D eigenvalue weighted by molar-refractivity contribution is 5.62. The summed E-state index contributed by atoms with van der Waals surface area (Å²) in [6.45, 7) is 4.62. The molecule has 1 aliphatic heterocycles. The van der Waals surface area contributed by atoms with Gasteiger partial charge in [0.15, 0.2) is 5.82 Å². The monoisotopic (exact) mass is 469 g/mol. The third kappa shape index (κ3) is 5.68. The van der Waals surface area contributed by atoms with Crippen LogP contribution in [0.25, 0.3) is 11.5 Å². The lowest BCUT2D eigenvalue weighted by molar-refractivity contribution is 0.235. The highest BCUT2D eigenvalue weighted by Gasteiger charge is 2.18. The maximum absolute atomic E-state index is 9.43. The zero-order valence-corrected chi connectivity index (χ0v) is 19.4. The average molecular weight is 470 g/mol. The molecule has 1 aliphatic rings. The molecule has 1 aromatic carbocycles. The molecule has 4 aromatic rings. The van der Waals surface area contributed by atoms with Gasteiger partial charge in [-0.05, 0) is 55.5 Å². The third-order valence-corrected chi connectivity index (χ3v) is 5.65. The first-order chi connectivity index (χ1) is 17.2. The summed E-state index contributed by atoms with van der Waals surface area (Å²) in [5.41, 5.74) is 3.63. The molecule has 0 spiro atoms. The minimum Gasteiger partial charge on any atom is -0.395 e. The number of nitrogens with one attached hydrogen (secondary N) is 3. The molecule has 1 atom stereocenters. The van der Waals surface area contributed by atoms with Crippen molar-refractivity contribution in [1.82, 2.24) is 30.2 Å². The van der Waals surface area contributed by atoms with Crippen LogP contribution in [0.4, 0.5) is 29.0 Å². The van der Waals surface area contributed by atoms with Crippen LogP contribution in [0.2, 0.25) is 0 Å². The second-order valence-electron chi connectivity index (χ2n) is 8.27. The van der Waals surface area contributed by atoms with E-state index >= 15 is 0 Å². The summed E-state index contributed by atoms with van der Waals surface area (Å²) in [6, 6.07) is 17.5. The van der Waals surface area contributed by atoms with E-state index in [4.69, 9.17) is 0 Å². The first-order valence-electron chi connectivity index (χ1n) is 11.5. The Morgan fingerprint density at radius 2 is 1.74 bits per heavy atom. The fourth-order valence-electron chi connectivity index (χ4n) is 3.91. The van der Waals surface area contributed by atoms with Crippen molar-refractivity contribution in [2.24, 2.45) is 0 Å². The zero-order valence-electron chi connectivity index (χ0n) is 19.4. The van der Waals surface area contributed by atoms with Crippen LogP contribution < -0.4 is 20.9 Å². The Balaban J connectivity index is 1.25. The first-order valence-corrected chi connectivity index (χ1v) is 11.5. The topological polar surface area (TPSA) is 124 Å². The molecule has 0 aliphatic carbocycles. The van der Waals surface area contributed by atoms with Gasteiger partial charge >= 0.3 is 0 Å². The van der Waals surface area contributed by atoms with E-state index in [9.17, 15) is 5.11 Å². The van der Waals surface area contributed by atoms with Crippen molar-refractivity contribution in [3.63, 3.8) is 0 Å². The number of piperazine rings is 1. The van der Waals surface area contributed by atoms with Gasteiger partial charge in [0, 0.05) is 55.1 Å². The molecule has 1 saturated heterocycles. The number of aromatic nitrogens is 5. The van der Waals surface area contributed by atoms with Crippen LogP contribution in [-0.2, 0) is 0 Å². The van der Waals surface area contributed by atoms with Crippen LogP contribution in [-0.4, -0.2) is 62.3 Å². The smallest absolute Gasteiger partial charge is 0.229 e. The van der Waals surface area contributed by atoms with Crippen LogP contribution in [0.1, 0.15) is 5.69 Å². The SMILES string of the molecule is Cc1cccc(-c2nccc(Nc3ccnc(Nc4ccc(N5CCNC(CO)C5)cc4)n3)n2)n1. The first kappa shape index (κ1) is 22.6. The molecular formula is C25H27N9O. The predicted octanol–water partition coefficient (Wildman–Crippen LogP) is 2.89. The van der Waals surface area contributed by atoms with Crippen LogP contribution in [0.3, 0.4) is 0 Å². The van der Waals surface area contributed by atoms with E-state index in [1.54, 1.807) is 24.5 Å². The van der Waals surface area contributed by atoms with E-state index in [0.29, 0.717) is 23.4 Å². The van der Waals surface area contributed by atoms with E-state index in [1.807, 2.05) is 37.3 Å². The molecular weight excluding hydrogens is 442 g/mol. The van der Waals surface area contributed by atoms with Crippen molar-refractivity contribution in [3.05, 3.63) is 72.7 Å². The summed E-state index contributed by atoms with van der Waals surface area (Å²) >= 11 is 0. The molecule has 1 unspecified atom stereocenters. The number of aliphatic hydroxyl groups is 1. The lowest BCUT2D eigenvalue weighted by Crippen LogP contribution is -2.52. The summed E-state index contributed by atoms with van der Waals surface area (Å²) in [5, 5.41) is 19.2. The molecule has 5 rings (SSSR count). The highest BCUT2D eigenvalue weighted by atomic mass is 16.3. The van der Waals surface area contributed by atoms with Gasteiger partial charge in [0.25, 0.3) is 0 Å². The molecule has 3 aromatic heterocycles. The van der Waals surface area contributed by atoms with E-state index in [1.165, 1.54) is 0 Å². The molecule has 4 N–H and O–H groups in total. The number of anilines is 5. The van der Waals surface area contributed by atoms with Gasteiger partial charge in [-0.1, -0.05) is 6.07 Å². The number of hydrogen-bond donors (Lipinski definition) is 4. The predicted molar refractivity (Wildman–Crippen MR) is 136 cm³/mol. The van der Waals surface area contributed by atoms with Crippen LogP contribution in [0.5, 0.6) is 0 Å². The van der Waals surface area contributed by atoms with Crippen LogP contribution in [0, 0.1) is 6.92 Å². The molecule has 0 radical (unpaired) electrons. The van der Waals surface area contributed by atoms with Gasteiger partial charge in [0.05, 0.1) is 6.61 Å².